The predicted molar refractivity (Wildman–Crippen MR) is 65.4 cm³/mol. The highest BCUT2D eigenvalue weighted by atomic mass is 32.1. The molecule has 1 heterocycles. The average molecular weight is 225 g/mol. The zero-order valence-corrected chi connectivity index (χ0v) is 9.70. The summed E-state index contributed by atoms with van der Waals surface area (Å²) in [6.45, 7) is 6.40. The first-order valence-electron chi connectivity index (χ1n) is 4.54. The molecule has 0 aromatic carbocycles. The van der Waals surface area contributed by atoms with Gasteiger partial charge in [-0.05, 0) is 13.0 Å². The zero-order chi connectivity index (χ0) is 11.4. The predicted octanol–water partition coefficient (Wildman–Crippen LogP) is 1.68. The zero-order valence-electron chi connectivity index (χ0n) is 8.89. The number of rotatable bonds is 4. The maximum atomic E-state index is 11.4. The molecule has 0 unspecified atom stereocenters. The van der Waals surface area contributed by atoms with Crippen LogP contribution >= 0.6 is 11.3 Å². The molecular formula is C10H15N3OS. The van der Waals surface area contributed by atoms with Gasteiger partial charge in [0.05, 0.1) is 10.7 Å². The lowest BCUT2D eigenvalue weighted by Crippen LogP contribution is -2.17. The van der Waals surface area contributed by atoms with Crippen molar-refractivity contribution < 1.29 is 4.79 Å². The van der Waals surface area contributed by atoms with Crippen molar-refractivity contribution in [1.82, 2.24) is 5.32 Å². The minimum absolute atomic E-state index is 0.152. The van der Waals surface area contributed by atoms with Crippen molar-refractivity contribution in [1.29, 1.82) is 0 Å². The van der Waals surface area contributed by atoms with Crippen molar-refractivity contribution in [3.05, 3.63) is 23.1 Å². The summed E-state index contributed by atoms with van der Waals surface area (Å²) >= 11 is 1.34. The van der Waals surface area contributed by atoms with E-state index in [4.69, 9.17) is 5.73 Å². The Morgan fingerprint density at radius 1 is 1.67 bits per heavy atom. The van der Waals surface area contributed by atoms with Crippen LogP contribution in [0.1, 0.15) is 16.6 Å². The van der Waals surface area contributed by atoms with Gasteiger partial charge >= 0.3 is 0 Å². The third-order valence-corrected chi connectivity index (χ3v) is 2.87. The van der Waals surface area contributed by atoms with Gasteiger partial charge in [0.1, 0.15) is 4.88 Å². The van der Waals surface area contributed by atoms with Crippen LogP contribution < -0.4 is 16.4 Å². The van der Waals surface area contributed by atoms with Gasteiger partial charge in [-0.25, -0.2) is 0 Å². The van der Waals surface area contributed by atoms with Gasteiger partial charge in [-0.2, -0.15) is 0 Å². The molecule has 0 aliphatic rings. The SMILES string of the molecule is C=C(C)CNc1cc(N)c(C(=O)NC)s1. The standard InChI is InChI=1S/C10H15N3OS/c1-6(2)5-13-8-4-7(11)9(15-8)10(14)12-3/h4,13H,1,5,11H2,2-3H3,(H,12,14). The Bertz CT molecular complexity index is 384. The van der Waals surface area contributed by atoms with Crippen LogP contribution in [-0.2, 0) is 0 Å². The molecule has 1 aromatic rings. The Balaban J connectivity index is 2.76. The highest BCUT2D eigenvalue weighted by molar-refractivity contribution is 7.18. The van der Waals surface area contributed by atoms with Crippen LogP contribution in [0.4, 0.5) is 10.7 Å². The van der Waals surface area contributed by atoms with Gasteiger partial charge in [0.15, 0.2) is 0 Å². The fraction of sp³-hybridized carbons (Fsp3) is 0.300. The van der Waals surface area contributed by atoms with Crippen molar-refractivity contribution in [3.8, 4) is 0 Å². The number of nitrogens with one attached hydrogen (secondary N) is 2. The summed E-state index contributed by atoms with van der Waals surface area (Å²) < 4.78 is 0. The van der Waals surface area contributed by atoms with Gasteiger partial charge in [-0.3, -0.25) is 4.79 Å². The van der Waals surface area contributed by atoms with Crippen molar-refractivity contribution in [2.24, 2.45) is 0 Å². The number of hydrogen-bond acceptors (Lipinski definition) is 4. The average Bonchev–Trinajstić information content (AvgIpc) is 2.55. The second-order valence-corrected chi connectivity index (χ2v) is 4.34. The maximum Gasteiger partial charge on any atom is 0.263 e. The van der Waals surface area contributed by atoms with E-state index in [1.807, 2.05) is 6.92 Å². The molecule has 0 spiro atoms. The fourth-order valence-corrected chi connectivity index (χ4v) is 1.94. The molecule has 0 saturated carbocycles. The van der Waals surface area contributed by atoms with Crippen LogP contribution in [0.5, 0.6) is 0 Å². The molecular weight excluding hydrogens is 210 g/mol. The van der Waals surface area contributed by atoms with Crippen molar-refractivity contribution in [2.45, 2.75) is 6.92 Å². The number of nitrogens with two attached hydrogens (primary N) is 1. The quantitative estimate of drug-likeness (QED) is 0.683. The first kappa shape index (κ1) is 11.6. The molecule has 4 nitrogen and oxygen atoms in total. The number of nitrogen functional groups attached to an aromatic ring is 1. The van der Waals surface area contributed by atoms with Crippen LogP contribution in [0.3, 0.4) is 0 Å². The van der Waals surface area contributed by atoms with E-state index in [2.05, 4.69) is 17.2 Å². The Morgan fingerprint density at radius 3 is 2.87 bits per heavy atom. The summed E-state index contributed by atoms with van der Waals surface area (Å²) in [5.41, 5.74) is 7.25. The maximum absolute atomic E-state index is 11.4. The number of hydrogen-bond donors (Lipinski definition) is 3. The van der Waals surface area contributed by atoms with Crippen molar-refractivity contribution >= 4 is 27.9 Å². The summed E-state index contributed by atoms with van der Waals surface area (Å²) in [4.78, 5) is 11.9. The van der Waals surface area contributed by atoms with E-state index in [9.17, 15) is 4.79 Å². The van der Waals surface area contributed by atoms with Gasteiger partial charge in [-0.15, -0.1) is 11.3 Å². The van der Waals surface area contributed by atoms with Crippen LogP contribution in [0.2, 0.25) is 0 Å². The summed E-state index contributed by atoms with van der Waals surface area (Å²) in [5, 5.41) is 6.57. The van der Waals surface area contributed by atoms with E-state index in [1.54, 1.807) is 13.1 Å². The number of carbonyl (C=O) groups is 1. The van der Waals surface area contributed by atoms with Gasteiger partial charge in [0.2, 0.25) is 0 Å². The molecule has 0 aliphatic carbocycles. The van der Waals surface area contributed by atoms with Crippen LogP contribution in [0.25, 0.3) is 0 Å². The van der Waals surface area contributed by atoms with E-state index in [0.717, 1.165) is 10.6 Å². The van der Waals surface area contributed by atoms with E-state index >= 15 is 0 Å². The molecule has 0 radical (unpaired) electrons. The van der Waals surface area contributed by atoms with E-state index in [-0.39, 0.29) is 5.91 Å². The molecule has 1 aromatic heterocycles. The smallest absolute Gasteiger partial charge is 0.263 e. The van der Waals surface area contributed by atoms with E-state index in [1.165, 1.54) is 11.3 Å². The molecule has 4 N–H and O–H groups in total. The lowest BCUT2D eigenvalue weighted by molar-refractivity contribution is 0.0968. The summed E-state index contributed by atoms with van der Waals surface area (Å²) in [6, 6.07) is 1.76. The summed E-state index contributed by atoms with van der Waals surface area (Å²) in [5.74, 6) is -0.152. The molecule has 0 atom stereocenters. The minimum atomic E-state index is -0.152. The van der Waals surface area contributed by atoms with Gasteiger partial charge in [-0.1, -0.05) is 12.2 Å². The number of amides is 1. The van der Waals surface area contributed by atoms with Crippen LogP contribution in [0.15, 0.2) is 18.2 Å². The number of carbonyl (C=O) groups excluding carboxylic acids is 1. The summed E-state index contributed by atoms with van der Waals surface area (Å²) in [7, 11) is 1.59. The number of thiophene rings is 1. The molecule has 15 heavy (non-hydrogen) atoms. The molecule has 1 rings (SSSR count). The largest absolute Gasteiger partial charge is 0.397 e. The summed E-state index contributed by atoms with van der Waals surface area (Å²) in [6.07, 6.45) is 0. The van der Waals surface area contributed by atoms with E-state index in [0.29, 0.717) is 17.1 Å². The molecule has 5 heteroatoms. The normalized spacial score (nSPS) is 9.73. The van der Waals surface area contributed by atoms with Crippen LogP contribution in [0, 0.1) is 0 Å². The van der Waals surface area contributed by atoms with Crippen LogP contribution in [-0.4, -0.2) is 19.5 Å². The topological polar surface area (TPSA) is 67.1 Å². The lowest BCUT2D eigenvalue weighted by atomic mass is 10.3. The van der Waals surface area contributed by atoms with Crippen molar-refractivity contribution in [3.63, 3.8) is 0 Å². The molecule has 0 aliphatic heterocycles. The molecule has 1 amide bonds. The molecule has 0 bridgehead atoms. The minimum Gasteiger partial charge on any atom is -0.397 e. The third kappa shape index (κ3) is 2.99. The number of anilines is 2. The van der Waals surface area contributed by atoms with Gasteiger partial charge in [0, 0.05) is 13.6 Å². The molecule has 82 valence electrons. The monoisotopic (exact) mass is 225 g/mol. The van der Waals surface area contributed by atoms with Gasteiger partial charge in [0.25, 0.3) is 5.91 Å². The first-order valence-corrected chi connectivity index (χ1v) is 5.36. The fourth-order valence-electron chi connectivity index (χ4n) is 1.02. The Morgan fingerprint density at radius 2 is 2.33 bits per heavy atom. The second kappa shape index (κ2) is 4.84. The molecule has 0 fully saturated rings. The Kier molecular flexibility index (Phi) is 3.74. The highest BCUT2D eigenvalue weighted by Gasteiger charge is 2.12. The third-order valence-electron chi connectivity index (χ3n) is 1.76. The second-order valence-electron chi connectivity index (χ2n) is 3.28. The first-order chi connectivity index (χ1) is 7.04. The lowest BCUT2D eigenvalue weighted by Gasteiger charge is -2.00. The van der Waals surface area contributed by atoms with Gasteiger partial charge < -0.3 is 16.4 Å². The molecule has 0 saturated heterocycles. The highest BCUT2D eigenvalue weighted by Crippen LogP contribution is 2.28. The Labute approximate surface area is 93.2 Å². The van der Waals surface area contributed by atoms with E-state index < -0.39 is 0 Å². The van der Waals surface area contributed by atoms with Crippen molar-refractivity contribution in [2.75, 3.05) is 24.6 Å². The Hall–Kier alpha value is -1.49.